The van der Waals surface area contributed by atoms with Gasteiger partial charge in [0.2, 0.25) is 0 Å². The lowest BCUT2D eigenvalue weighted by Crippen LogP contribution is -2.46. The molecule has 5 heteroatoms. The van der Waals surface area contributed by atoms with Gasteiger partial charge < -0.3 is 9.64 Å². The van der Waals surface area contributed by atoms with Crippen LogP contribution in [0.15, 0.2) is 6.07 Å². The third-order valence-corrected chi connectivity index (χ3v) is 3.77. The number of hydrogen-bond donors (Lipinski definition) is 0. The molecule has 21 heavy (non-hydrogen) atoms. The molecule has 0 spiro atoms. The highest BCUT2D eigenvalue weighted by Crippen LogP contribution is 2.28. The van der Waals surface area contributed by atoms with Crippen LogP contribution in [0, 0.1) is 25.2 Å². The number of hydrogen-bond acceptors (Lipinski definition) is 5. The minimum Gasteiger partial charge on any atom is -0.464 e. The molecule has 0 N–H and O–H groups in total. The highest BCUT2D eigenvalue weighted by atomic mass is 16.5. The molecule has 5 nitrogen and oxygen atoms in total. The monoisotopic (exact) mass is 287 g/mol. The highest BCUT2D eigenvalue weighted by Gasteiger charge is 2.32. The zero-order valence-corrected chi connectivity index (χ0v) is 12.8. The summed E-state index contributed by atoms with van der Waals surface area (Å²) in [6.45, 7) is 6.71. The van der Waals surface area contributed by atoms with Gasteiger partial charge in [-0.05, 0) is 51.7 Å². The fourth-order valence-corrected chi connectivity index (χ4v) is 2.83. The molecule has 1 atom stereocenters. The normalized spacial score (nSPS) is 18.2. The van der Waals surface area contributed by atoms with Crippen molar-refractivity contribution in [1.29, 1.82) is 5.26 Å². The zero-order valence-electron chi connectivity index (χ0n) is 12.8. The molecule has 2 heterocycles. The minimum absolute atomic E-state index is 0.220. The molecule has 0 aromatic carbocycles. The minimum atomic E-state index is -0.334. The van der Waals surface area contributed by atoms with Crippen molar-refractivity contribution in [3.05, 3.63) is 22.9 Å². The van der Waals surface area contributed by atoms with E-state index < -0.39 is 0 Å². The van der Waals surface area contributed by atoms with Gasteiger partial charge in [-0.3, -0.25) is 0 Å². The first kappa shape index (κ1) is 15.3. The lowest BCUT2D eigenvalue weighted by Gasteiger charge is -2.35. The molecule has 0 bridgehead atoms. The fourth-order valence-electron chi connectivity index (χ4n) is 2.83. The molecule has 112 valence electrons. The van der Waals surface area contributed by atoms with E-state index >= 15 is 0 Å². The summed E-state index contributed by atoms with van der Waals surface area (Å²) in [4.78, 5) is 18.6. The largest absolute Gasteiger partial charge is 0.464 e. The summed E-state index contributed by atoms with van der Waals surface area (Å²) in [6, 6.07) is 3.78. The maximum Gasteiger partial charge on any atom is 0.328 e. The Kier molecular flexibility index (Phi) is 4.79. The Morgan fingerprint density at radius 1 is 1.52 bits per heavy atom. The van der Waals surface area contributed by atoms with Gasteiger partial charge in [-0.1, -0.05) is 0 Å². The van der Waals surface area contributed by atoms with E-state index in [1.54, 1.807) is 6.92 Å². The molecule has 0 aliphatic carbocycles. The van der Waals surface area contributed by atoms with E-state index in [1.165, 1.54) is 0 Å². The first-order valence-electron chi connectivity index (χ1n) is 7.40. The Morgan fingerprint density at radius 3 is 2.95 bits per heavy atom. The fraction of sp³-hybridized carbons (Fsp3) is 0.562. The highest BCUT2D eigenvalue weighted by molar-refractivity contribution is 5.81. The molecule has 0 radical (unpaired) electrons. The van der Waals surface area contributed by atoms with Crippen molar-refractivity contribution in [3.8, 4) is 6.07 Å². The predicted octanol–water partition coefficient (Wildman–Crippen LogP) is 2.49. The number of rotatable bonds is 3. The number of carbonyl (C=O) groups is 1. The summed E-state index contributed by atoms with van der Waals surface area (Å²) in [5.41, 5.74) is 2.31. The third-order valence-electron chi connectivity index (χ3n) is 3.77. The number of aryl methyl sites for hydroxylation is 2. The summed E-state index contributed by atoms with van der Waals surface area (Å²) in [7, 11) is 0. The Labute approximate surface area is 125 Å². The van der Waals surface area contributed by atoms with Gasteiger partial charge in [0, 0.05) is 12.2 Å². The van der Waals surface area contributed by atoms with Crippen LogP contribution in [-0.4, -0.2) is 30.1 Å². The van der Waals surface area contributed by atoms with Crippen molar-refractivity contribution in [3.63, 3.8) is 0 Å². The van der Waals surface area contributed by atoms with Gasteiger partial charge >= 0.3 is 5.97 Å². The van der Waals surface area contributed by atoms with Crippen molar-refractivity contribution >= 4 is 11.8 Å². The summed E-state index contributed by atoms with van der Waals surface area (Å²) in [5, 5.41) is 9.42. The van der Waals surface area contributed by atoms with Crippen LogP contribution in [0.5, 0.6) is 0 Å². The maximum atomic E-state index is 12.2. The number of esters is 1. The number of ether oxygens (including phenoxy) is 1. The van der Waals surface area contributed by atoms with Gasteiger partial charge in [0.15, 0.2) is 0 Å². The van der Waals surface area contributed by atoms with Crippen LogP contribution in [0.1, 0.15) is 43.0 Å². The van der Waals surface area contributed by atoms with E-state index in [1.807, 2.05) is 24.8 Å². The second-order valence-corrected chi connectivity index (χ2v) is 5.35. The molecular weight excluding hydrogens is 266 g/mol. The van der Waals surface area contributed by atoms with Crippen LogP contribution in [0.2, 0.25) is 0 Å². The standard InChI is InChI=1S/C16H21N3O2/c1-4-21-16(20)14-7-5-6-8-19(14)15-13(10-17)11(2)9-12(3)18-15/h9,14H,4-8H2,1-3H3. The van der Waals surface area contributed by atoms with E-state index in [-0.39, 0.29) is 12.0 Å². The Bertz CT molecular complexity index is 578. The Balaban J connectivity index is 2.42. The van der Waals surface area contributed by atoms with Crippen LogP contribution in [0.4, 0.5) is 5.82 Å². The summed E-state index contributed by atoms with van der Waals surface area (Å²) >= 11 is 0. The van der Waals surface area contributed by atoms with Gasteiger partial charge in [0.05, 0.1) is 12.2 Å². The number of carbonyl (C=O) groups excluding carboxylic acids is 1. The number of aromatic nitrogens is 1. The molecule has 1 aromatic heterocycles. The first-order valence-corrected chi connectivity index (χ1v) is 7.40. The van der Waals surface area contributed by atoms with Crippen LogP contribution >= 0.6 is 0 Å². The summed E-state index contributed by atoms with van der Waals surface area (Å²) in [6.07, 6.45) is 2.74. The SMILES string of the molecule is CCOC(=O)C1CCCCN1c1nc(C)cc(C)c1C#N. The van der Waals surface area contributed by atoms with E-state index in [0.29, 0.717) is 18.0 Å². The number of piperidine rings is 1. The molecule has 1 unspecified atom stereocenters. The molecule has 0 saturated carbocycles. The van der Waals surface area contributed by atoms with E-state index in [9.17, 15) is 10.1 Å². The molecule has 1 aliphatic heterocycles. The average molecular weight is 287 g/mol. The smallest absolute Gasteiger partial charge is 0.328 e. The number of nitrogens with zero attached hydrogens (tertiary/aromatic N) is 3. The molecule has 1 saturated heterocycles. The summed E-state index contributed by atoms with van der Waals surface area (Å²) in [5.74, 6) is 0.398. The maximum absolute atomic E-state index is 12.2. The van der Waals surface area contributed by atoms with Gasteiger partial charge in [-0.25, -0.2) is 9.78 Å². The van der Waals surface area contributed by atoms with E-state index in [4.69, 9.17) is 4.74 Å². The lowest BCUT2D eigenvalue weighted by atomic mass is 10.0. The molecule has 1 aliphatic rings. The quantitative estimate of drug-likeness (QED) is 0.799. The summed E-state index contributed by atoms with van der Waals surface area (Å²) < 4.78 is 5.18. The van der Waals surface area contributed by atoms with Gasteiger partial charge in [-0.2, -0.15) is 5.26 Å². The van der Waals surface area contributed by atoms with E-state index in [0.717, 1.165) is 37.1 Å². The molecule has 0 amide bonds. The van der Waals surface area contributed by atoms with Gasteiger partial charge in [0.1, 0.15) is 17.9 Å². The molecule has 1 fully saturated rings. The van der Waals surface area contributed by atoms with Crippen molar-refractivity contribution in [2.75, 3.05) is 18.1 Å². The van der Waals surface area contributed by atoms with Crippen molar-refractivity contribution < 1.29 is 9.53 Å². The van der Waals surface area contributed by atoms with Crippen molar-refractivity contribution in [2.45, 2.75) is 46.1 Å². The van der Waals surface area contributed by atoms with Crippen LogP contribution < -0.4 is 4.90 Å². The predicted molar refractivity (Wildman–Crippen MR) is 80.0 cm³/mol. The number of anilines is 1. The number of pyridine rings is 1. The Hall–Kier alpha value is -2.09. The number of nitriles is 1. The first-order chi connectivity index (χ1) is 10.1. The van der Waals surface area contributed by atoms with Crippen LogP contribution in [0.3, 0.4) is 0 Å². The van der Waals surface area contributed by atoms with Crippen molar-refractivity contribution in [2.24, 2.45) is 0 Å². The van der Waals surface area contributed by atoms with Crippen LogP contribution in [-0.2, 0) is 9.53 Å². The van der Waals surface area contributed by atoms with E-state index in [2.05, 4.69) is 11.1 Å². The molecular formula is C16H21N3O2. The lowest BCUT2D eigenvalue weighted by molar-refractivity contribution is -0.145. The molecule has 1 aromatic rings. The second kappa shape index (κ2) is 6.57. The zero-order chi connectivity index (χ0) is 15.4. The average Bonchev–Trinajstić information content (AvgIpc) is 2.47. The van der Waals surface area contributed by atoms with Crippen LogP contribution in [0.25, 0.3) is 0 Å². The van der Waals surface area contributed by atoms with Gasteiger partial charge in [-0.15, -0.1) is 0 Å². The molecule has 2 rings (SSSR count). The Morgan fingerprint density at radius 2 is 2.29 bits per heavy atom. The van der Waals surface area contributed by atoms with Crippen molar-refractivity contribution in [1.82, 2.24) is 4.98 Å². The topological polar surface area (TPSA) is 66.2 Å². The van der Waals surface area contributed by atoms with Gasteiger partial charge in [0.25, 0.3) is 0 Å². The third kappa shape index (κ3) is 3.15. The second-order valence-electron chi connectivity index (χ2n) is 5.35.